The lowest BCUT2D eigenvalue weighted by Crippen LogP contribution is -2.44. The number of amides is 1. The van der Waals surface area contributed by atoms with Crippen molar-refractivity contribution < 1.29 is 9.53 Å². The molecule has 0 spiro atoms. The van der Waals surface area contributed by atoms with Crippen molar-refractivity contribution in [2.24, 2.45) is 10.4 Å². The van der Waals surface area contributed by atoms with Crippen LogP contribution in [0.3, 0.4) is 0 Å². The Bertz CT molecular complexity index is 609. The molecule has 0 aliphatic heterocycles. The Morgan fingerprint density at radius 3 is 2.70 bits per heavy atom. The summed E-state index contributed by atoms with van der Waals surface area (Å²) in [5.74, 6) is 1.25. The molecule has 1 aliphatic rings. The number of anilines is 1. The Kier molecular flexibility index (Phi) is 8.51. The zero-order valence-corrected chi connectivity index (χ0v) is 16.8. The van der Waals surface area contributed by atoms with E-state index < -0.39 is 0 Å². The standard InChI is InChI=1S/C20H33N5O2/c1-16-6-7-17(23-14-16)25-18(26)8-12-22-19(21-2)24-15-20(11-13-27-3)9-4-5-10-20/h6-7,14H,4-5,8-13,15H2,1-3H3,(H2,21,22,24)(H,23,25,26). The number of aliphatic imine (C=N–C) groups is 1. The maximum Gasteiger partial charge on any atom is 0.227 e. The summed E-state index contributed by atoms with van der Waals surface area (Å²) < 4.78 is 5.29. The van der Waals surface area contributed by atoms with Crippen molar-refractivity contribution in [1.82, 2.24) is 15.6 Å². The second-order valence-electron chi connectivity index (χ2n) is 7.32. The quantitative estimate of drug-likeness (QED) is 0.456. The molecule has 0 saturated heterocycles. The van der Waals surface area contributed by atoms with E-state index in [4.69, 9.17) is 4.74 Å². The number of ether oxygens (including phenoxy) is 1. The summed E-state index contributed by atoms with van der Waals surface area (Å²) in [6.07, 6.45) is 8.18. The fraction of sp³-hybridized carbons (Fsp3) is 0.650. The summed E-state index contributed by atoms with van der Waals surface area (Å²) in [4.78, 5) is 20.5. The Labute approximate surface area is 162 Å². The van der Waals surface area contributed by atoms with Gasteiger partial charge in [-0.05, 0) is 43.2 Å². The van der Waals surface area contributed by atoms with Crippen LogP contribution >= 0.6 is 0 Å². The minimum atomic E-state index is -0.0679. The van der Waals surface area contributed by atoms with Crippen LogP contribution in [0.15, 0.2) is 23.3 Å². The number of aromatic nitrogens is 1. The number of rotatable bonds is 9. The van der Waals surface area contributed by atoms with Gasteiger partial charge in [0.2, 0.25) is 5.91 Å². The zero-order valence-electron chi connectivity index (χ0n) is 16.8. The number of aryl methyl sites for hydroxylation is 1. The minimum Gasteiger partial charge on any atom is -0.385 e. The molecule has 7 nitrogen and oxygen atoms in total. The van der Waals surface area contributed by atoms with E-state index in [1.807, 2.05) is 19.1 Å². The number of guanidine groups is 1. The third-order valence-corrected chi connectivity index (χ3v) is 5.18. The maximum atomic E-state index is 12.0. The van der Waals surface area contributed by atoms with Crippen LogP contribution in [-0.4, -0.2) is 50.7 Å². The molecule has 0 radical (unpaired) electrons. The molecule has 1 aromatic heterocycles. The number of methoxy groups -OCH3 is 1. The lowest BCUT2D eigenvalue weighted by atomic mass is 9.83. The third kappa shape index (κ3) is 7.17. The Morgan fingerprint density at radius 1 is 1.30 bits per heavy atom. The highest BCUT2D eigenvalue weighted by atomic mass is 16.5. The molecule has 0 bridgehead atoms. The van der Waals surface area contributed by atoms with Crippen molar-refractivity contribution in [3.05, 3.63) is 23.9 Å². The number of nitrogens with zero attached hydrogens (tertiary/aromatic N) is 2. The molecule has 7 heteroatoms. The molecule has 1 fully saturated rings. The predicted molar refractivity (Wildman–Crippen MR) is 109 cm³/mol. The zero-order chi connectivity index (χ0) is 19.5. The van der Waals surface area contributed by atoms with Gasteiger partial charge in [0.15, 0.2) is 5.96 Å². The number of carbonyl (C=O) groups excluding carboxylic acids is 1. The van der Waals surface area contributed by atoms with Gasteiger partial charge in [-0.25, -0.2) is 4.98 Å². The second kappa shape index (κ2) is 10.9. The van der Waals surface area contributed by atoms with Gasteiger partial charge in [0.05, 0.1) is 0 Å². The first kappa shape index (κ1) is 21.2. The minimum absolute atomic E-state index is 0.0679. The normalized spacial score (nSPS) is 16.2. The monoisotopic (exact) mass is 375 g/mol. The summed E-state index contributed by atoms with van der Waals surface area (Å²) in [7, 11) is 3.51. The van der Waals surface area contributed by atoms with Crippen LogP contribution in [0.2, 0.25) is 0 Å². The number of hydrogen-bond donors (Lipinski definition) is 3. The van der Waals surface area contributed by atoms with Gasteiger partial charge in [0.25, 0.3) is 0 Å². The highest BCUT2D eigenvalue weighted by molar-refractivity contribution is 5.90. The van der Waals surface area contributed by atoms with Crippen LogP contribution < -0.4 is 16.0 Å². The van der Waals surface area contributed by atoms with Crippen LogP contribution in [0, 0.1) is 12.3 Å². The average Bonchev–Trinajstić information content (AvgIpc) is 3.14. The van der Waals surface area contributed by atoms with E-state index in [2.05, 4.69) is 25.9 Å². The number of carbonyl (C=O) groups is 1. The summed E-state index contributed by atoms with van der Waals surface area (Å²) in [6, 6.07) is 3.73. The van der Waals surface area contributed by atoms with Gasteiger partial charge in [-0.1, -0.05) is 18.9 Å². The summed E-state index contributed by atoms with van der Waals surface area (Å²) >= 11 is 0. The van der Waals surface area contributed by atoms with Gasteiger partial charge in [-0.3, -0.25) is 9.79 Å². The van der Waals surface area contributed by atoms with Gasteiger partial charge in [-0.2, -0.15) is 0 Å². The predicted octanol–water partition coefficient (Wildman–Crippen LogP) is 2.48. The van der Waals surface area contributed by atoms with Gasteiger partial charge in [0, 0.05) is 46.5 Å². The average molecular weight is 376 g/mol. The van der Waals surface area contributed by atoms with Crippen molar-refractivity contribution in [3.8, 4) is 0 Å². The molecule has 0 atom stereocenters. The first-order chi connectivity index (χ1) is 13.1. The molecule has 0 unspecified atom stereocenters. The largest absolute Gasteiger partial charge is 0.385 e. The molecule has 2 rings (SSSR count). The van der Waals surface area contributed by atoms with Crippen LogP contribution in [-0.2, 0) is 9.53 Å². The molecular weight excluding hydrogens is 342 g/mol. The summed E-state index contributed by atoms with van der Waals surface area (Å²) in [5, 5.41) is 9.45. The molecular formula is C20H33N5O2. The summed E-state index contributed by atoms with van der Waals surface area (Å²) in [5.41, 5.74) is 1.36. The van der Waals surface area contributed by atoms with Crippen molar-refractivity contribution in [2.45, 2.75) is 45.4 Å². The molecule has 1 aliphatic carbocycles. The number of pyridine rings is 1. The fourth-order valence-corrected chi connectivity index (χ4v) is 3.49. The van der Waals surface area contributed by atoms with Crippen LogP contribution in [0.5, 0.6) is 0 Å². The van der Waals surface area contributed by atoms with Crippen molar-refractivity contribution in [3.63, 3.8) is 0 Å². The van der Waals surface area contributed by atoms with Gasteiger partial charge in [-0.15, -0.1) is 0 Å². The summed E-state index contributed by atoms with van der Waals surface area (Å²) in [6.45, 7) is 4.16. The Morgan fingerprint density at radius 2 is 2.07 bits per heavy atom. The van der Waals surface area contributed by atoms with E-state index in [0.29, 0.717) is 24.2 Å². The van der Waals surface area contributed by atoms with Gasteiger partial charge >= 0.3 is 0 Å². The number of nitrogens with one attached hydrogen (secondary N) is 3. The highest BCUT2D eigenvalue weighted by Crippen LogP contribution is 2.40. The van der Waals surface area contributed by atoms with E-state index >= 15 is 0 Å². The topological polar surface area (TPSA) is 87.6 Å². The van der Waals surface area contributed by atoms with E-state index in [0.717, 1.165) is 31.1 Å². The van der Waals surface area contributed by atoms with E-state index in [-0.39, 0.29) is 5.91 Å². The van der Waals surface area contributed by atoms with E-state index in [9.17, 15) is 4.79 Å². The molecule has 0 aromatic carbocycles. The smallest absolute Gasteiger partial charge is 0.227 e. The molecule has 1 heterocycles. The van der Waals surface area contributed by atoms with E-state index in [1.165, 1.54) is 25.7 Å². The molecule has 1 saturated carbocycles. The first-order valence-corrected chi connectivity index (χ1v) is 9.73. The Hall–Kier alpha value is -2.15. The molecule has 1 amide bonds. The van der Waals surface area contributed by atoms with Crippen molar-refractivity contribution in [2.75, 3.05) is 39.2 Å². The molecule has 27 heavy (non-hydrogen) atoms. The van der Waals surface area contributed by atoms with Crippen molar-refractivity contribution in [1.29, 1.82) is 0 Å². The van der Waals surface area contributed by atoms with Crippen molar-refractivity contribution >= 4 is 17.7 Å². The highest BCUT2D eigenvalue weighted by Gasteiger charge is 2.33. The van der Waals surface area contributed by atoms with Gasteiger partial charge in [0.1, 0.15) is 5.82 Å². The molecule has 3 N–H and O–H groups in total. The number of hydrogen-bond acceptors (Lipinski definition) is 4. The lowest BCUT2D eigenvalue weighted by molar-refractivity contribution is -0.116. The van der Waals surface area contributed by atoms with Crippen LogP contribution in [0.4, 0.5) is 5.82 Å². The van der Waals surface area contributed by atoms with Gasteiger partial charge < -0.3 is 20.7 Å². The van der Waals surface area contributed by atoms with Crippen LogP contribution in [0.1, 0.15) is 44.1 Å². The molecule has 1 aromatic rings. The fourth-order valence-electron chi connectivity index (χ4n) is 3.49. The Balaban J connectivity index is 1.71. The second-order valence-corrected chi connectivity index (χ2v) is 7.32. The maximum absolute atomic E-state index is 12.0. The lowest BCUT2D eigenvalue weighted by Gasteiger charge is -2.29. The van der Waals surface area contributed by atoms with E-state index in [1.54, 1.807) is 20.4 Å². The third-order valence-electron chi connectivity index (χ3n) is 5.18. The van der Waals surface area contributed by atoms with Crippen LogP contribution in [0.25, 0.3) is 0 Å². The molecule has 150 valence electrons. The SMILES string of the molecule is CN=C(NCCC(=O)Nc1ccc(C)cn1)NCC1(CCOC)CCCC1. The first-order valence-electron chi connectivity index (χ1n) is 9.73.